The summed E-state index contributed by atoms with van der Waals surface area (Å²) >= 11 is 1.44. The minimum Gasteiger partial charge on any atom is -0.466 e. The van der Waals surface area contributed by atoms with E-state index in [4.69, 9.17) is 9.47 Å². The molecule has 0 fully saturated rings. The lowest BCUT2D eigenvalue weighted by molar-refractivity contribution is -0.136. The summed E-state index contributed by atoms with van der Waals surface area (Å²) in [5.41, 5.74) is 2.98. The van der Waals surface area contributed by atoms with Crippen LogP contribution < -0.4 is 9.80 Å². The van der Waals surface area contributed by atoms with Crippen LogP contribution in [-0.2, 0) is 19.1 Å². The minimum absolute atomic E-state index is 0.0693. The monoisotopic (exact) mass is 492 g/mol. The van der Waals surface area contributed by atoms with Gasteiger partial charge in [0.25, 0.3) is 0 Å². The Bertz CT molecular complexity index is 1170. The topological polar surface area (TPSA) is 59.1 Å². The van der Waals surface area contributed by atoms with Crippen LogP contribution in [-0.4, -0.2) is 38.2 Å². The zero-order chi connectivity index (χ0) is 25.5. The van der Waals surface area contributed by atoms with Gasteiger partial charge in [-0.2, -0.15) is 0 Å². The van der Waals surface area contributed by atoms with Crippen molar-refractivity contribution in [2.24, 2.45) is 0 Å². The Hall–Kier alpha value is -3.58. The van der Waals surface area contributed by atoms with Crippen molar-refractivity contribution in [2.75, 3.05) is 24.0 Å². The summed E-state index contributed by atoms with van der Waals surface area (Å²) in [5.74, 6) is -1.22. The second kappa shape index (κ2) is 11.7. The molecule has 3 rings (SSSR count). The largest absolute Gasteiger partial charge is 0.466 e. The number of ether oxygens (including phenoxy) is 2. The summed E-state index contributed by atoms with van der Waals surface area (Å²) in [6, 6.07) is 22.4. The summed E-state index contributed by atoms with van der Waals surface area (Å²) < 4.78 is 9.92. The Morgan fingerprint density at radius 1 is 0.800 bits per heavy atom. The molecule has 3 aromatic rings. The molecule has 0 saturated heterocycles. The maximum absolute atomic E-state index is 12.9. The van der Waals surface area contributed by atoms with Gasteiger partial charge in [-0.25, -0.2) is 9.59 Å². The zero-order valence-electron chi connectivity index (χ0n) is 21.0. The number of esters is 2. The molecule has 6 nitrogen and oxygen atoms in total. The highest BCUT2D eigenvalue weighted by atomic mass is 32.1. The van der Waals surface area contributed by atoms with Crippen molar-refractivity contribution in [2.45, 2.75) is 39.8 Å². The van der Waals surface area contributed by atoms with Gasteiger partial charge in [0, 0.05) is 29.5 Å². The Morgan fingerprint density at radius 3 is 1.77 bits per heavy atom. The number of para-hydroxylation sites is 2. The van der Waals surface area contributed by atoms with Crippen molar-refractivity contribution in [3.63, 3.8) is 0 Å². The SMILES string of the molecule is COC(=O)/C=C(/C(=O)OC)c1sc(N(c2ccccc2)C(C)C)cc1N(c1ccccc1)C(C)C. The molecule has 0 spiro atoms. The molecule has 0 aliphatic carbocycles. The quantitative estimate of drug-likeness (QED) is 0.249. The molecule has 35 heavy (non-hydrogen) atoms. The van der Waals surface area contributed by atoms with Crippen molar-refractivity contribution in [3.05, 3.63) is 77.7 Å². The van der Waals surface area contributed by atoms with E-state index in [2.05, 4.69) is 55.7 Å². The van der Waals surface area contributed by atoms with Crippen molar-refractivity contribution in [3.8, 4) is 0 Å². The number of anilines is 4. The molecule has 7 heteroatoms. The number of benzene rings is 2. The second-order valence-electron chi connectivity index (χ2n) is 8.47. The van der Waals surface area contributed by atoms with E-state index in [-0.39, 0.29) is 17.7 Å². The molecule has 1 heterocycles. The van der Waals surface area contributed by atoms with Gasteiger partial charge in [0.15, 0.2) is 0 Å². The summed E-state index contributed by atoms with van der Waals surface area (Å²) in [7, 11) is 2.60. The Kier molecular flexibility index (Phi) is 8.71. The fourth-order valence-corrected chi connectivity index (χ4v) is 5.24. The first-order valence-electron chi connectivity index (χ1n) is 11.5. The van der Waals surface area contributed by atoms with E-state index in [1.54, 1.807) is 0 Å². The molecule has 0 aliphatic heterocycles. The molecule has 0 aliphatic rings. The lowest BCUT2D eigenvalue weighted by atomic mass is 10.1. The normalized spacial score (nSPS) is 11.5. The Labute approximate surface area is 211 Å². The van der Waals surface area contributed by atoms with Gasteiger partial charge in [-0.3, -0.25) is 0 Å². The van der Waals surface area contributed by atoms with Gasteiger partial charge in [0.05, 0.1) is 35.4 Å². The van der Waals surface area contributed by atoms with Crippen molar-refractivity contribution in [1.29, 1.82) is 0 Å². The number of carbonyl (C=O) groups excluding carboxylic acids is 2. The molecule has 0 saturated carbocycles. The van der Waals surface area contributed by atoms with E-state index in [0.29, 0.717) is 4.88 Å². The van der Waals surface area contributed by atoms with E-state index in [9.17, 15) is 9.59 Å². The van der Waals surface area contributed by atoms with Crippen LogP contribution >= 0.6 is 11.3 Å². The summed E-state index contributed by atoms with van der Waals surface area (Å²) in [6.45, 7) is 8.42. The smallest absolute Gasteiger partial charge is 0.339 e. The van der Waals surface area contributed by atoms with Gasteiger partial charge < -0.3 is 19.3 Å². The van der Waals surface area contributed by atoms with Gasteiger partial charge in [0.2, 0.25) is 0 Å². The highest BCUT2D eigenvalue weighted by Gasteiger charge is 2.28. The number of carbonyl (C=O) groups is 2. The van der Waals surface area contributed by atoms with Gasteiger partial charge in [-0.1, -0.05) is 36.4 Å². The number of hydrogen-bond donors (Lipinski definition) is 0. The third-order valence-corrected chi connectivity index (χ3v) is 6.57. The molecule has 0 unspecified atom stereocenters. The number of thiophene rings is 1. The lowest BCUT2D eigenvalue weighted by Crippen LogP contribution is -2.26. The first-order chi connectivity index (χ1) is 16.8. The maximum Gasteiger partial charge on any atom is 0.339 e. The van der Waals surface area contributed by atoms with Crippen LogP contribution in [0.25, 0.3) is 5.57 Å². The number of rotatable bonds is 9. The Balaban J connectivity index is 2.32. The summed E-state index contributed by atoms with van der Waals surface area (Å²) in [4.78, 5) is 30.2. The van der Waals surface area contributed by atoms with E-state index >= 15 is 0 Å². The van der Waals surface area contributed by atoms with Crippen LogP contribution in [0.1, 0.15) is 32.6 Å². The van der Waals surface area contributed by atoms with Gasteiger partial charge in [0.1, 0.15) is 0 Å². The second-order valence-corrected chi connectivity index (χ2v) is 9.50. The van der Waals surface area contributed by atoms with Crippen molar-refractivity contribution in [1.82, 2.24) is 0 Å². The molecule has 0 atom stereocenters. The average molecular weight is 493 g/mol. The third kappa shape index (κ3) is 5.92. The van der Waals surface area contributed by atoms with Gasteiger partial charge in [-0.05, 0) is 58.0 Å². The van der Waals surface area contributed by atoms with Crippen LogP contribution in [0.4, 0.5) is 22.1 Å². The maximum atomic E-state index is 12.9. The molecule has 1 aromatic heterocycles. The van der Waals surface area contributed by atoms with E-state index in [1.165, 1.54) is 31.6 Å². The third-order valence-electron chi connectivity index (χ3n) is 5.41. The lowest BCUT2D eigenvalue weighted by Gasteiger charge is -2.30. The highest BCUT2D eigenvalue weighted by Crippen LogP contribution is 2.46. The number of methoxy groups -OCH3 is 2. The van der Waals surface area contributed by atoms with E-state index in [1.807, 2.05) is 48.5 Å². The van der Waals surface area contributed by atoms with Crippen LogP contribution in [0.2, 0.25) is 0 Å². The molecule has 0 radical (unpaired) electrons. The van der Waals surface area contributed by atoms with Crippen LogP contribution in [0, 0.1) is 0 Å². The fourth-order valence-electron chi connectivity index (χ4n) is 3.94. The summed E-state index contributed by atoms with van der Waals surface area (Å²) in [6.07, 6.45) is 1.21. The average Bonchev–Trinajstić information content (AvgIpc) is 3.26. The molecule has 0 amide bonds. The van der Waals surface area contributed by atoms with E-state index in [0.717, 1.165) is 22.1 Å². The highest BCUT2D eigenvalue weighted by molar-refractivity contribution is 7.18. The first-order valence-corrected chi connectivity index (χ1v) is 12.3. The fraction of sp³-hybridized carbons (Fsp3) is 0.286. The van der Waals surface area contributed by atoms with Crippen LogP contribution in [0.15, 0.2) is 72.8 Å². The molecular formula is C28H32N2O4S. The Morgan fingerprint density at radius 2 is 1.31 bits per heavy atom. The molecule has 0 bridgehead atoms. The van der Waals surface area contributed by atoms with E-state index < -0.39 is 11.9 Å². The standard InChI is InChI=1S/C28H32N2O4S/c1-19(2)29(21-13-9-7-10-14-21)24-18-25(30(20(3)4)22-15-11-8-12-16-22)35-27(24)23(28(32)34-6)17-26(31)33-5/h7-20H,1-6H3/b23-17+. The molecule has 2 aromatic carbocycles. The summed E-state index contributed by atoms with van der Waals surface area (Å²) in [5, 5.41) is 0.942. The van der Waals surface area contributed by atoms with Gasteiger partial charge in [-0.15, -0.1) is 11.3 Å². The molecule has 0 N–H and O–H groups in total. The number of nitrogens with zero attached hydrogens (tertiary/aromatic N) is 2. The van der Waals surface area contributed by atoms with Crippen LogP contribution in [0.3, 0.4) is 0 Å². The van der Waals surface area contributed by atoms with Gasteiger partial charge >= 0.3 is 11.9 Å². The van der Waals surface area contributed by atoms with Crippen molar-refractivity contribution >= 4 is 50.9 Å². The molecule has 184 valence electrons. The molecular weight excluding hydrogens is 460 g/mol. The first kappa shape index (κ1) is 26.0. The van der Waals surface area contributed by atoms with Crippen molar-refractivity contribution < 1.29 is 19.1 Å². The number of hydrogen-bond acceptors (Lipinski definition) is 7. The van der Waals surface area contributed by atoms with Crippen LogP contribution in [0.5, 0.6) is 0 Å². The minimum atomic E-state index is -0.620. The predicted molar refractivity (Wildman–Crippen MR) is 144 cm³/mol. The zero-order valence-corrected chi connectivity index (χ0v) is 21.8. The predicted octanol–water partition coefficient (Wildman–Crippen LogP) is 6.57.